The van der Waals surface area contributed by atoms with E-state index in [-0.39, 0.29) is 24.1 Å². The van der Waals surface area contributed by atoms with Crippen LogP contribution in [0.25, 0.3) is 0 Å². The monoisotopic (exact) mass is 317 g/mol. The van der Waals surface area contributed by atoms with Crippen LogP contribution in [0.15, 0.2) is 12.1 Å². The molecule has 1 unspecified atom stereocenters. The van der Waals surface area contributed by atoms with Crippen molar-refractivity contribution in [2.75, 3.05) is 19.0 Å². The Labute approximate surface area is 129 Å². The average Bonchev–Trinajstić information content (AvgIpc) is 2.25. The molecule has 0 heterocycles. The quantitative estimate of drug-likeness (QED) is 0.611. The van der Waals surface area contributed by atoms with Crippen LogP contribution in [0.5, 0.6) is 0 Å². The molecule has 0 spiro atoms. The van der Waals surface area contributed by atoms with Gasteiger partial charge in [0.2, 0.25) is 0 Å². The van der Waals surface area contributed by atoms with Crippen molar-refractivity contribution in [2.45, 2.75) is 38.5 Å². The maximum atomic E-state index is 14.4. The first-order valence-electron chi connectivity index (χ1n) is 6.54. The number of benzene rings is 1. The summed E-state index contributed by atoms with van der Waals surface area (Å²) in [6.07, 6.45) is 0. The first-order chi connectivity index (χ1) is 8.97. The summed E-state index contributed by atoms with van der Waals surface area (Å²) in [6, 6.07) is 3.38. The molecule has 112 valence electrons. The van der Waals surface area contributed by atoms with Gasteiger partial charge < -0.3 is 9.55 Å². The molecule has 0 aliphatic heterocycles. The number of nitrogens with zero attached hydrogens (tertiary/aromatic N) is 1. The second-order valence-electron chi connectivity index (χ2n) is 6.28. The molecule has 1 aromatic rings. The summed E-state index contributed by atoms with van der Waals surface area (Å²) in [4.78, 5) is 1.67. The zero-order valence-corrected chi connectivity index (χ0v) is 15.0. The van der Waals surface area contributed by atoms with E-state index in [2.05, 4.69) is 23.1 Å². The molecule has 1 aromatic carbocycles. The van der Waals surface area contributed by atoms with Crippen LogP contribution in [-0.2, 0) is 4.65 Å². The summed E-state index contributed by atoms with van der Waals surface area (Å²) in [7, 11) is 6.52. The third-order valence-electron chi connectivity index (χ3n) is 3.73. The number of rotatable bonds is 5. The van der Waals surface area contributed by atoms with Gasteiger partial charge >= 0.3 is 7.48 Å². The molecule has 0 aromatic heterocycles. The van der Waals surface area contributed by atoms with Crippen LogP contribution in [0.3, 0.4) is 0 Å². The van der Waals surface area contributed by atoms with Crippen LogP contribution in [0.4, 0.5) is 10.1 Å². The van der Waals surface area contributed by atoms with E-state index in [9.17, 15) is 4.39 Å². The lowest BCUT2D eigenvalue weighted by molar-refractivity contribution is 0.0839. The predicted octanol–water partition coefficient (Wildman–Crippen LogP) is 2.97. The Hall–Kier alpha value is -0.305. The molecule has 6 heteroatoms. The Morgan fingerprint density at radius 3 is 2.25 bits per heavy atom. The van der Waals surface area contributed by atoms with Crippen molar-refractivity contribution < 1.29 is 9.04 Å². The molecule has 0 saturated heterocycles. The van der Waals surface area contributed by atoms with Crippen LogP contribution < -0.4 is 10.4 Å². The van der Waals surface area contributed by atoms with E-state index in [1.807, 2.05) is 13.8 Å². The van der Waals surface area contributed by atoms with Crippen LogP contribution >= 0.6 is 20.8 Å². The first kappa shape index (κ1) is 17.7. The van der Waals surface area contributed by atoms with Gasteiger partial charge in [0.25, 0.3) is 0 Å². The van der Waals surface area contributed by atoms with Gasteiger partial charge in [0.05, 0.1) is 16.3 Å². The maximum absolute atomic E-state index is 14.4. The van der Waals surface area contributed by atoms with Gasteiger partial charge in [-0.2, -0.15) is 0 Å². The zero-order chi connectivity index (χ0) is 15.7. The Morgan fingerprint density at radius 2 is 1.80 bits per heavy atom. The molecule has 0 N–H and O–H groups in total. The average molecular weight is 318 g/mol. The van der Waals surface area contributed by atoms with Crippen molar-refractivity contribution in [3.8, 4) is 0 Å². The van der Waals surface area contributed by atoms with Gasteiger partial charge in [-0.3, -0.25) is 0 Å². The first-order valence-corrected chi connectivity index (χ1v) is 7.50. The maximum Gasteiger partial charge on any atom is 0.312 e. The summed E-state index contributed by atoms with van der Waals surface area (Å²) in [5, 5.41) is 0.294. The van der Waals surface area contributed by atoms with Crippen LogP contribution in [-0.4, -0.2) is 32.3 Å². The second-order valence-corrected chi connectivity index (χ2v) is 8.13. The normalized spacial score (nSPS) is 12.4. The van der Waals surface area contributed by atoms with E-state index in [0.717, 1.165) is 0 Å². The van der Waals surface area contributed by atoms with Gasteiger partial charge in [-0.25, -0.2) is 4.39 Å². The second kappa shape index (κ2) is 6.21. The smallest absolute Gasteiger partial charge is 0.312 e. The Balaban J connectivity index is 2.98. The molecule has 0 aliphatic carbocycles. The fourth-order valence-corrected chi connectivity index (χ4v) is 1.95. The Kier molecular flexibility index (Phi) is 5.51. The molecule has 0 aliphatic rings. The fraction of sp³-hybridized carbons (Fsp3) is 0.571. The van der Waals surface area contributed by atoms with E-state index in [1.165, 1.54) is 0 Å². The van der Waals surface area contributed by atoms with Crippen molar-refractivity contribution in [1.82, 2.24) is 0 Å². The van der Waals surface area contributed by atoms with Crippen LogP contribution in [0.1, 0.15) is 27.7 Å². The van der Waals surface area contributed by atoms with E-state index < -0.39 is 0 Å². The van der Waals surface area contributed by atoms with Crippen molar-refractivity contribution in [3.63, 3.8) is 0 Å². The van der Waals surface area contributed by atoms with E-state index in [4.69, 9.17) is 16.3 Å². The number of anilines is 1. The molecular formula is C14H23BClFNOP. The zero-order valence-electron chi connectivity index (χ0n) is 13.1. The number of halogens is 2. The van der Waals surface area contributed by atoms with Gasteiger partial charge in [-0.05, 0) is 25.4 Å². The summed E-state index contributed by atoms with van der Waals surface area (Å²) in [5.74, 6) is -0.320. The van der Waals surface area contributed by atoms with Gasteiger partial charge in [-0.1, -0.05) is 31.5 Å². The molecule has 0 fully saturated rings. The van der Waals surface area contributed by atoms with Crippen molar-refractivity contribution in [1.29, 1.82) is 0 Å². The van der Waals surface area contributed by atoms with Gasteiger partial charge in [-0.15, -0.1) is 9.24 Å². The lowest BCUT2D eigenvalue weighted by Gasteiger charge is -2.39. The van der Waals surface area contributed by atoms with Crippen molar-refractivity contribution in [2.24, 2.45) is 0 Å². The molecule has 1 atom stereocenters. The summed E-state index contributed by atoms with van der Waals surface area (Å²) < 4.78 is 20.4. The van der Waals surface area contributed by atoms with E-state index in [0.29, 0.717) is 16.2 Å². The highest BCUT2D eigenvalue weighted by atomic mass is 35.5. The van der Waals surface area contributed by atoms with Crippen LogP contribution in [0, 0.1) is 5.82 Å². The summed E-state index contributed by atoms with van der Waals surface area (Å²) in [6.45, 7) is 8.14. The highest BCUT2D eigenvalue weighted by Crippen LogP contribution is 2.33. The SMILES string of the molecule is CN(C)c1c(Cl)ccc(BOC(C)(C)C(C)(C)P)c1F. The number of hydrogen-bond donors (Lipinski definition) is 0. The minimum absolute atomic E-state index is 0.111. The van der Waals surface area contributed by atoms with Crippen molar-refractivity contribution >= 4 is 39.5 Å². The lowest BCUT2D eigenvalue weighted by Crippen LogP contribution is -2.45. The van der Waals surface area contributed by atoms with Gasteiger partial charge in [0.1, 0.15) is 5.82 Å². The van der Waals surface area contributed by atoms with Gasteiger partial charge in [0.15, 0.2) is 0 Å². The number of hydrogen-bond acceptors (Lipinski definition) is 2. The van der Waals surface area contributed by atoms with Crippen LogP contribution in [0.2, 0.25) is 5.02 Å². The van der Waals surface area contributed by atoms with E-state index >= 15 is 0 Å². The molecule has 2 nitrogen and oxygen atoms in total. The fourth-order valence-electron chi connectivity index (χ4n) is 1.55. The Bertz CT molecular complexity index is 489. The molecule has 20 heavy (non-hydrogen) atoms. The minimum atomic E-state index is -0.387. The topological polar surface area (TPSA) is 12.5 Å². The van der Waals surface area contributed by atoms with Crippen molar-refractivity contribution in [3.05, 3.63) is 23.0 Å². The highest BCUT2D eigenvalue weighted by molar-refractivity contribution is 7.19. The summed E-state index contributed by atoms with van der Waals surface area (Å²) in [5.41, 5.74) is 0.526. The largest absolute Gasteiger partial charge is 0.429 e. The third-order valence-corrected chi connectivity index (χ3v) is 4.73. The standard InChI is InChI=1S/C14H23BClFNOP/c1-13(2,14(3,4)20)19-15-9-7-8-10(16)12(11(9)17)18(5)6/h7-8,15H,20H2,1-6H3. The Morgan fingerprint density at radius 1 is 1.25 bits per heavy atom. The van der Waals surface area contributed by atoms with Gasteiger partial charge in [0, 0.05) is 19.3 Å². The molecule has 0 radical (unpaired) electrons. The molecule has 1 rings (SSSR count). The summed E-state index contributed by atoms with van der Waals surface area (Å²) >= 11 is 6.03. The predicted molar refractivity (Wildman–Crippen MR) is 91.5 cm³/mol. The molecular weight excluding hydrogens is 294 g/mol. The molecule has 0 saturated carbocycles. The lowest BCUT2D eigenvalue weighted by atomic mass is 9.83. The molecule has 0 bridgehead atoms. The highest BCUT2D eigenvalue weighted by Gasteiger charge is 2.34. The third kappa shape index (κ3) is 3.87. The molecule has 0 amide bonds. The minimum Gasteiger partial charge on any atom is -0.429 e. The van der Waals surface area contributed by atoms with E-state index in [1.54, 1.807) is 31.1 Å².